The molecule has 1 N–H and O–H groups in total. The van der Waals surface area contributed by atoms with Gasteiger partial charge in [-0.3, -0.25) is 4.79 Å². The second-order valence-electron chi connectivity index (χ2n) is 7.84. The number of aromatic nitrogens is 2. The molecule has 5 heteroatoms. The van der Waals surface area contributed by atoms with E-state index in [0.29, 0.717) is 6.42 Å². The number of hydrogen-bond donors (Lipinski definition) is 1. The highest BCUT2D eigenvalue weighted by Crippen LogP contribution is 2.30. The average molecular weight is 419 g/mol. The summed E-state index contributed by atoms with van der Waals surface area (Å²) in [7, 11) is 0. The molecule has 0 aliphatic carbocycles. The van der Waals surface area contributed by atoms with Gasteiger partial charge >= 0.3 is 5.97 Å². The molecule has 154 valence electrons. The number of carboxylic acids is 1. The first-order valence-corrected chi connectivity index (χ1v) is 11.2. The first kappa shape index (κ1) is 20.5. The van der Waals surface area contributed by atoms with Crippen LogP contribution in [0.1, 0.15) is 35.1 Å². The van der Waals surface area contributed by atoms with Crippen LogP contribution in [0.15, 0.2) is 53.7 Å². The number of nitrogens with zero attached hydrogens (tertiary/aromatic N) is 2. The number of carbonyl (C=O) groups is 1. The smallest absolute Gasteiger partial charge is 0.303 e. The topological polar surface area (TPSA) is 55.1 Å². The molecule has 0 aliphatic heterocycles. The van der Waals surface area contributed by atoms with Crippen LogP contribution < -0.4 is 0 Å². The second-order valence-corrected chi connectivity index (χ2v) is 8.90. The van der Waals surface area contributed by atoms with E-state index in [-0.39, 0.29) is 6.42 Å². The van der Waals surface area contributed by atoms with Gasteiger partial charge in [-0.15, -0.1) is 0 Å². The fourth-order valence-corrected chi connectivity index (χ4v) is 4.88. The fourth-order valence-electron chi connectivity index (χ4n) is 3.93. The molecule has 30 heavy (non-hydrogen) atoms. The number of aryl methyl sites for hydroxylation is 3. The normalized spacial score (nSPS) is 11.4. The third kappa shape index (κ3) is 4.08. The molecule has 0 amide bonds. The number of aliphatic carboxylic acids is 1. The molecule has 1 aromatic heterocycles. The largest absolute Gasteiger partial charge is 0.481 e. The molecule has 0 spiro atoms. The van der Waals surface area contributed by atoms with Gasteiger partial charge in [-0.1, -0.05) is 48.2 Å². The van der Waals surface area contributed by atoms with Crippen molar-refractivity contribution in [3.63, 3.8) is 0 Å². The van der Waals surface area contributed by atoms with Crippen molar-refractivity contribution in [1.82, 2.24) is 9.55 Å². The van der Waals surface area contributed by atoms with Crippen LogP contribution >= 0.6 is 11.8 Å². The molecule has 4 nitrogen and oxygen atoms in total. The van der Waals surface area contributed by atoms with Crippen molar-refractivity contribution in [2.24, 2.45) is 0 Å². The molecule has 4 rings (SSSR count). The Morgan fingerprint density at radius 1 is 1.03 bits per heavy atom. The minimum absolute atomic E-state index is 0.188. The zero-order valence-electron chi connectivity index (χ0n) is 17.6. The van der Waals surface area contributed by atoms with Crippen molar-refractivity contribution in [1.29, 1.82) is 0 Å². The van der Waals surface area contributed by atoms with Crippen LogP contribution in [0.2, 0.25) is 0 Å². The van der Waals surface area contributed by atoms with Gasteiger partial charge in [0.2, 0.25) is 0 Å². The van der Waals surface area contributed by atoms with Crippen LogP contribution in [0, 0.1) is 20.8 Å². The highest BCUT2D eigenvalue weighted by molar-refractivity contribution is 7.99. The van der Waals surface area contributed by atoms with Crippen LogP contribution in [0.3, 0.4) is 0 Å². The highest BCUT2D eigenvalue weighted by atomic mass is 32.2. The second kappa shape index (κ2) is 8.52. The summed E-state index contributed by atoms with van der Waals surface area (Å²) in [5.41, 5.74) is 7.15. The number of fused-ring (bicyclic) bond motifs is 2. The quantitative estimate of drug-likeness (QED) is 0.290. The minimum atomic E-state index is -0.749. The Kier molecular flexibility index (Phi) is 5.82. The molecule has 3 aromatic carbocycles. The Morgan fingerprint density at radius 2 is 1.77 bits per heavy atom. The molecule has 0 atom stereocenters. The Labute approximate surface area is 180 Å². The van der Waals surface area contributed by atoms with Gasteiger partial charge in [-0.05, 0) is 72.4 Å². The maximum absolute atomic E-state index is 10.9. The predicted octanol–water partition coefficient (Wildman–Crippen LogP) is 6.12. The van der Waals surface area contributed by atoms with Crippen LogP contribution in [-0.2, 0) is 11.3 Å². The summed E-state index contributed by atoms with van der Waals surface area (Å²) in [5.74, 6) is -0.0103. The van der Waals surface area contributed by atoms with Crippen molar-refractivity contribution in [2.75, 3.05) is 5.75 Å². The zero-order valence-corrected chi connectivity index (χ0v) is 18.4. The molecule has 0 saturated carbocycles. The van der Waals surface area contributed by atoms with E-state index in [4.69, 9.17) is 10.1 Å². The van der Waals surface area contributed by atoms with E-state index in [0.717, 1.165) is 28.5 Å². The van der Waals surface area contributed by atoms with Crippen molar-refractivity contribution in [2.45, 2.75) is 45.3 Å². The maximum Gasteiger partial charge on any atom is 0.303 e. The number of thioether (sulfide) groups is 1. The molecular weight excluding hydrogens is 392 g/mol. The molecular formula is C25H26N2O2S. The van der Waals surface area contributed by atoms with E-state index in [1.165, 1.54) is 33.0 Å². The van der Waals surface area contributed by atoms with E-state index in [2.05, 4.69) is 73.9 Å². The number of hydrogen-bond acceptors (Lipinski definition) is 3. The molecule has 0 bridgehead atoms. The Morgan fingerprint density at radius 3 is 2.53 bits per heavy atom. The SMILES string of the molecule is Cc1cc2nc(SCCCC(=O)O)n(Cc3cccc4cccc(C)c34)c2cc1C. The molecule has 0 saturated heterocycles. The van der Waals surface area contributed by atoms with Crippen molar-refractivity contribution >= 4 is 39.5 Å². The van der Waals surface area contributed by atoms with Crippen molar-refractivity contribution in [3.8, 4) is 0 Å². The lowest BCUT2D eigenvalue weighted by molar-refractivity contribution is -0.137. The van der Waals surface area contributed by atoms with Gasteiger partial charge in [-0.25, -0.2) is 4.98 Å². The van der Waals surface area contributed by atoms with Gasteiger partial charge in [-0.2, -0.15) is 0 Å². The first-order chi connectivity index (χ1) is 14.4. The summed E-state index contributed by atoms with van der Waals surface area (Å²) in [4.78, 5) is 15.8. The number of imidazole rings is 1. The minimum Gasteiger partial charge on any atom is -0.481 e. The predicted molar refractivity (Wildman–Crippen MR) is 125 cm³/mol. The molecule has 0 unspecified atom stereocenters. The number of benzene rings is 3. The lowest BCUT2D eigenvalue weighted by Crippen LogP contribution is -2.04. The molecule has 0 aliphatic rings. The summed E-state index contributed by atoms with van der Waals surface area (Å²) in [6.07, 6.45) is 0.822. The van der Waals surface area contributed by atoms with Crippen molar-refractivity contribution < 1.29 is 9.90 Å². The highest BCUT2D eigenvalue weighted by Gasteiger charge is 2.15. The van der Waals surface area contributed by atoms with Crippen LogP contribution in [0.5, 0.6) is 0 Å². The zero-order chi connectivity index (χ0) is 21.3. The van der Waals surface area contributed by atoms with E-state index in [9.17, 15) is 4.79 Å². The average Bonchev–Trinajstić information content (AvgIpc) is 3.02. The van der Waals surface area contributed by atoms with Crippen LogP contribution in [0.25, 0.3) is 21.8 Å². The van der Waals surface area contributed by atoms with Gasteiger partial charge in [0, 0.05) is 12.2 Å². The maximum atomic E-state index is 10.9. The third-order valence-electron chi connectivity index (χ3n) is 5.62. The summed E-state index contributed by atoms with van der Waals surface area (Å²) in [5, 5.41) is 12.4. The van der Waals surface area contributed by atoms with E-state index in [1.807, 2.05) is 0 Å². The fraction of sp³-hybridized carbons (Fsp3) is 0.280. The van der Waals surface area contributed by atoms with Crippen LogP contribution in [-0.4, -0.2) is 26.4 Å². The standard InChI is InChI=1S/C25H26N2O2S/c1-16-7-4-8-19-9-5-10-20(24(16)19)15-27-22-14-18(3)17(2)13-21(22)26-25(27)30-12-6-11-23(28)29/h4-5,7-10,13-14H,6,11-12,15H2,1-3H3,(H,28,29). The van der Waals surface area contributed by atoms with Gasteiger partial charge in [0.15, 0.2) is 5.16 Å². The molecule has 4 aromatic rings. The molecule has 1 heterocycles. The van der Waals surface area contributed by atoms with Crippen LogP contribution in [0.4, 0.5) is 0 Å². The third-order valence-corrected chi connectivity index (χ3v) is 6.69. The summed E-state index contributed by atoms with van der Waals surface area (Å²) >= 11 is 1.64. The van der Waals surface area contributed by atoms with E-state index < -0.39 is 5.97 Å². The number of rotatable bonds is 7. The monoisotopic (exact) mass is 418 g/mol. The number of carboxylic acid groups (broad SMARTS) is 1. The van der Waals surface area contributed by atoms with Gasteiger partial charge in [0.1, 0.15) is 0 Å². The summed E-state index contributed by atoms with van der Waals surface area (Å²) in [6.45, 7) is 7.14. The molecule has 0 fully saturated rings. The Bertz CT molecular complexity index is 1240. The van der Waals surface area contributed by atoms with E-state index >= 15 is 0 Å². The Hall–Kier alpha value is -2.79. The summed E-state index contributed by atoms with van der Waals surface area (Å²) in [6, 6.07) is 17.3. The van der Waals surface area contributed by atoms with E-state index in [1.54, 1.807) is 11.8 Å². The molecule has 0 radical (unpaired) electrons. The van der Waals surface area contributed by atoms with Gasteiger partial charge < -0.3 is 9.67 Å². The summed E-state index contributed by atoms with van der Waals surface area (Å²) < 4.78 is 2.29. The van der Waals surface area contributed by atoms with Crippen molar-refractivity contribution in [3.05, 3.63) is 70.8 Å². The van der Waals surface area contributed by atoms with Gasteiger partial charge in [0.25, 0.3) is 0 Å². The lowest BCUT2D eigenvalue weighted by Gasteiger charge is -2.13. The first-order valence-electron chi connectivity index (χ1n) is 10.2. The lowest BCUT2D eigenvalue weighted by atomic mass is 10.00. The van der Waals surface area contributed by atoms with Gasteiger partial charge in [0.05, 0.1) is 17.6 Å². The Balaban J connectivity index is 1.77.